The highest BCUT2D eigenvalue weighted by atomic mass is 19.1. The first-order chi connectivity index (χ1) is 26.7. The van der Waals surface area contributed by atoms with Crippen LogP contribution >= 0.6 is 0 Å². The lowest BCUT2D eigenvalue weighted by atomic mass is 9.32. The molecule has 1 aromatic rings. The van der Waals surface area contributed by atoms with Gasteiger partial charge in [-0.1, -0.05) is 91.0 Å². The molecule has 310 valence electrons. The van der Waals surface area contributed by atoms with Crippen molar-refractivity contribution in [3.05, 3.63) is 59.2 Å². The molecular weight excluding hydrogens is 694 g/mol. The third kappa shape index (κ3) is 6.53. The molecule has 0 aromatic heterocycles. The topological polar surface area (TPSA) is 47.6 Å². The first-order valence-electron chi connectivity index (χ1n) is 23.2. The number of halogens is 1. The number of carbonyl (C=O) groups is 1. The third-order valence-corrected chi connectivity index (χ3v) is 19.1. The average Bonchev–Trinajstić information content (AvgIpc) is 3.58. The average molecular weight is 770 g/mol. The summed E-state index contributed by atoms with van der Waals surface area (Å²) in [6.45, 7) is 21.0. The Morgan fingerprint density at radius 3 is 2.32 bits per heavy atom. The first kappa shape index (κ1) is 40.8. The normalized spacial score (nSPS) is 42.1. The Bertz CT molecular complexity index is 1640. The second kappa shape index (κ2) is 15.2. The van der Waals surface area contributed by atoms with Crippen molar-refractivity contribution >= 4 is 5.97 Å². The standard InChI is InChI=1S/C51H76FNO3/c1-35(2)39-17-27-51(53-30-20-36-21-31-55-32-22-36)29-28-48(6)41(44(39)51)13-14-43-47(5)23-18-40(46(3,4)42(47)19-24-49(43,48)7)38-15-25-50(34-52,26-16-38)45(54)56-33-37-11-9-8-10-12-37/h8-12,15,18,35-36,39,41-44,53H,13-14,16-17,19-34H2,1-7H3/t39-,41+,42-,43+,44+,47-,48+,49+,50-,51-/m0/s1. The summed E-state index contributed by atoms with van der Waals surface area (Å²) in [6.07, 6.45) is 22.3. The largest absolute Gasteiger partial charge is 0.460 e. The smallest absolute Gasteiger partial charge is 0.315 e. The molecule has 10 atom stereocenters. The van der Waals surface area contributed by atoms with Gasteiger partial charge in [-0.2, -0.15) is 0 Å². The molecule has 5 heteroatoms. The maximum atomic E-state index is 14.8. The molecule has 1 aliphatic heterocycles. The van der Waals surface area contributed by atoms with Crippen molar-refractivity contribution in [1.29, 1.82) is 0 Å². The fourth-order valence-electron chi connectivity index (χ4n) is 15.8. The maximum Gasteiger partial charge on any atom is 0.315 e. The zero-order valence-corrected chi connectivity index (χ0v) is 36.3. The zero-order valence-electron chi connectivity index (χ0n) is 36.3. The zero-order chi connectivity index (χ0) is 39.6. The molecule has 1 saturated heterocycles. The number of ether oxygens (including phenoxy) is 2. The molecule has 6 aliphatic carbocycles. The van der Waals surface area contributed by atoms with E-state index in [9.17, 15) is 9.18 Å². The minimum atomic E-state index is -1.07. The third-order valence-electron chi connectivity index (χ3n) is 19.1. The molecule has 0 radical (unpaired) electrons. The van der Waals surface area contributed by atoms with Crippen LogP contribution in [0.15, 0.2) is 53.6 Å². The van der Waals surface area contributed by atoms with Crippen molar-refractivity contribution in [2.24, 2.45) is 68.5 Å². The van der Waals surface area contributed by atoms with E-state index in [4.69, 9.17) is 9.47 Å². The van der Waals surface area contributed by atoms with Crippen LogP contribution in [0.25, 0.3) is 0 Å². The van der Waals surface area contributed by atoms with Crippen molar-refractivity contribution in [3.8, 4) is 0 Å². The lowest BCUT2D eigenvalue weighted by molar-refractivity contribution is -0.223. The summed E-state index contributed by atoms with van der Waals surface area (Å²) in [6, 6.07) is 9.74. The van der Waals surface area contributed by atoms with Crippen LogP contribution in [0, 0.1) is 68.5 Å². The fraction of sp³-hybridized carbons (Fsp3) is 0.784. The molecular formula is C51H76FNO3. The molecule has 1 aromatic carbocycles. The van der Waals surface area contributed by atoms with E-state index in [1.807, 2.05) is 30.3 Å². The number of carbonyl (C=O) groups excluding carboxylic acids is 1. The highest BCUT2D eigenvalue weighted by Gasteiger charge is 2.70. The molecule has 4 nitrogen and oxygen atoms in total. The SMILES string of the molecule is CC(C)[C@@H]1CC[C@]2(NCCC3CCOCC3)CC[C@]3(C)[C@H](CC[C@@H]4[C@@]5(C)CC=C(C6=CC[C@](CF)(C(=O)OCc7ccccc7)CC6)C(C)(C)[C@@H]5CC[C@]43C)[C@@H]12. The maximum absolute atomic E-state index is 14.8. The highest BCUT2D eigenvalue weighted by molar-refractivity contribution is 5.78. The molecule has 5 fully saturated rings. The van der Waals surface area contributed by atoms with Gasteiger partial charge >= 0.3 is 5.97 Å². The first-order valence-corrected chi connectivity index (χ1v) is 23.2. The lowest BCUT2D eigenvalue weighted by Crippen LogP contribution is -2.68. The second-order valence-electron chi connectivity index (χ2n) is 22.0. The fourth-order valence-corrected chi connectivity index (χ4v) is 15.8. The van der Waals surface area contributed by atoms with Crippen molar-refractivity contribution in [3.63, 3.8) is 0 Å². The van der Waals surface area contributed by atoms with Crippen LogP contribution in [0.2, 0.25) is 0 Å². The van der Waals surface area contributed by atoms with E-state index in [0.717, 1.165) is 67.1 Å². The summed E-state index contributed by atoms with van der Waals surface area (Å²) >= 11 is 0. The number of fused-ring (bicyclic) bond motifs is 7. The molecule has 4 saturated carbocycles. The number of allylic oxidation sites excluding steroid dienone is 4. The Labute approximate surface area is 340 Å². The van der Waals surface area contributed by atoms with Crippen molar-refractivity contribution in [1.82, 2.24) is 5.32 Å². The minimum absolute atomic E-state index is 0.0335. The van der Waals surface area contributed by atoms with Crippen LogP contribution in [-0.2, 0) is 20.9 Å². The molecule has 0 unspecified atom stereocenters. The Morgan fingerprint density at radius 2 is 1.62 bits per heavy atom. The van der Waals surface area contributed by atoms with Crippen molar-refractivity contribution < 1.29 is 18.7 Å². The van der Waals surface area contributed by atoms with Crippen LogP contribution in [-0.4, -0.2) is 37.9 Å². The highest BCUT2D eigenvalue weighted by Crippen LogP contribution is 2.76. The second-order valence-corrected chi connectivity index (χ2v) is 22.0. The molecule has 0 spiro atoms. The predicted molar refractivity (Wildman–Crippen MR) is 225 cm³/mol. The molecule has 0 amide bonds. The van der Waals surface area contributed by atoms with Crippen molar-refractivity contribution in [2.75, 3.05) is 26.4 Å². The van der Waals surface area contributed by atoms with Gasteiger partial charge in [0.15, 0.2) is 0 Å². The van der Waals surface area contributed by atoms with Gasteiger partial charge in [0.1, 0.15) is 13.3 Å². The van der Waals surface area contributed by atoms with Gasteiger partial charge < -0.3 is 14.8 Å². The van der Waals surface area contributed by atoms with E-state index in [-0.39, 0.29) is 23.4 Å². The van der Waals surface area contributed by atoms with Crippen LogP contribution in [0.3, 0.4) is 0 Å². The number of rotatable bonds is 10. The summed E-state index contributed by atoms with van der Waals surface area (Å²) < 4.78 is 26.2. The number of hydrogen-bond acceptors (Lipinski definition) is 4. The van der Waals surface area contributed by atoms with Gasteiger partial charge in [-0.3, -0.25) is 4.79 Å². The van der Waals surface area contributed by atoms with Gasteiger partial charge in [0.05, 0.1) is 5.41 Å². The van der Waals surface area contributed by atoms with E-state index in [2.05, 4.69) is 65.9 Å². The van der Waals surface area contributed by atoms with Gasteiger partial charge in [-0.25, -0.2) is 4.39 Å². The van der Waals surface area contributed by atoms with Crippen LogP contribution < -0.4 is 5.32 Å². The van der Waals surface area contributed by atoms with Gasteiger partial charge in [-0.15, -0.1) is 0 Å². The van der Waals surface area contributed by atoms with E-state index >= 15 is 0 Å². The number of nitrogens with one attached hydrogen (secondary N) is 1. The van der Waals surface area contributed by atoms with Crippen molar-refractivity contribution in [2.45, 2.75) is 157 Å². The Morgan fingerprint density at radius 1 is 0.857 bits per heavy atom. The van der Waals surface area contributed by atoms with E-state index in [1.54, 1.807) is 0 Å². The van der Waals surface area contributed by atoms with Gasteiger partial charge in [0.2, 0.25) is 0 Å². The van der Waals surface area contributed by atoms with Crippen LogP contribution in [0.1, 0.15) is 150 Å². The number of hydrogen-bond donors (Lipinski definition) is 1. The summed E-state index contributed by atoms with van der Waals surface area (Å²) in [7, 11) is 0. The Balaban J connectivity index is 1.00. The van der Waals surface area contributed by atoms with E-state index in [0.29, 0.717) is 35.1 Å². The van der Waals surface area contributed by atoms with E-state index < -0.39 is 12.1 Å². The van der Waals surface area contributed by atoms with Crippen LogP contribution in [0.4, 0.5) is 4.39 Å². The Kier molecular flexibility index (Phi) is 11.1. The monoisotopic (exact) mass is 770 g/mol. The summed E-state index contributed by atoms with van der Waals surface area (Å²) in [5, 5.41) is 4.39. The quantitative estimate of drug-likeness (QED) is 0.241. The van der Waals surface area contributed by atoms with E-state index in [1.165, 1.54) is 88.3 Å². The Hall–Kier alpha value is -1.98. The predicted octanol–water partition coefficient (Wildman–Crippen LogP) is 12.2. The molecule has 56 heavy (non-hydrogen) atoms. The lowest BCUT2D eigenvalue weighted by Gasteiger charge is -2.72. The van der Waals surface area contributed by atoms with Crippen LogP contribution in [0.5, 0.6) is 0 Å². The summed E-state index contributed by atoms with van der Waals surface area (Å²) in [5.74, 6) is 4.93. The molecule has 1 heterocycles. The summed E-state index contributed by atoms with van der Waals surface area (Å²) in [4.78, 5) is 13.4. The number of esters is 1. The molecule has 1 N–H and O–H groups in total. The number of alkyl halides is 1. The number of benzene rings is 1. The summed E-state index contributed by atoms with van der Waals surface area (Å²) in [5.41, 5.74) is 4.03. The molecule has 8 rings (SSSR count). The van der Waals surface area contributed by atoms with Gasteiger partial charge in [0, 0.05) is 18.8 Å². The van der Waals surface area contributed by atoms with Gasteiger partial charge in [0.25, 0.3) is 0 Å². The minimum Gasteiger partial charge on any atom is -0.460 e. The molecule has 0 bridgehead atoms. The molecule has 7 aliphatic rings. The van der Waals surface area contributed by atoms with Gasteiger partial charge in [-0.05, 0) is 183 Å².